The second-order valence-electron chi connectivity index (χ2n) is 5.40. The van der Waals surface area contributed by atoms with Crippen molar-refractivity contribution in [3.63, 3.8) is 0 Å². The number of hydrogen-bond donors (Lipinski definition) is 0. The average molecular weight is 265 g/mol. The number of ether oxygens (including phenoxy) is 2. The molecule has 19 heavy (non-hydrogen) atoms. The third kappa shape index (κ3) is 2.40. The fraction of sp³-hybridized carbons (Fsp3) is 0.643. The van der Waals surface area contributed by atoms with E-state index in [0.717, 1.165) is 25.8 Å². The first-order chi connectivity index (χ1) is 9.22. The van der Waals surface area contributed by atoms with Gasteiger partial charge in [0, 0.05) is 20.1 Å². The van der Waals surface area contributed by atoms with E-state index in [9.17, 15) is 4.79 Å². The van der Waals surface area contributed by atoms with Gasteiger partial charge in [0.15, 0.2) is 0 Å². The van der Waals surface area contributed by atoms with Crippen LogP contribution in [0, 0.1) is 0 Å². The molecule has 2 aliphatic heterocycles. The van der Waals surface area contributed by atoms with Crippen LogP contribution in [0.3, 0.4) is 0 Å². The molecule has 2 aliphatic rings. The van der Waals surface area contributed by atoms with Gasteiger partial charge in [-0.3, -0.25) is 4.79 Å². The van der Waals surface area contributed by atoms with E-state index in [2.05, 4.69) is 0 Å². The number of nitrogens with zero attached hydrogens (tertiary/aromatic N) is 1. The van der Waals surface area contributed by atoms with Crippen molar-refractivity contribution in [2.75, 3.05) is 26.8 Å². The Morgan fingerprint density at radius 2 is 2.47 bits per heavy atom. The number of rotatable bonds is 2. The molecule has 5 nitrogen and oxygen atoms in total. The van der Waals surface area contributed by atoms with E-state index in [4.69, 9.17) is 13.9 Å². The number of carbonyl (C=O) groups is 1. The van der Waals surface area contributed by atoms with Crippen LogP contribution >= 0.6 is 0 Å². The molecule has 3 heterocycles. The Morgan fingerprint density at radius 3 is 3.16 bits per heavy atom. The molecule has 0 radical (unpaired) electrons. The zero-order valence-corrected chi connectivity index (χ0v) is 11.1. The van der Waals surface area contributed by atoms with E-state index in [1.165, 1.54) is 12.5 Å². The molecule has 5 heteroatoms. The van der Waals surface area contributed by atoms with Gasteiger partial charge in [-0.25, -0.2) is 0 Å². The van der Waals surface area contributed by atoms with Crippen molar-refractivity contribution >= 4 is 5.91 Å². The molecule has 0 aliphatic carbocycles. The molecule has 2 saturated heterocycles. The number of furan rings is 1. The van der Waals surface area contributed by atoms with E-state index < -0.39 is 0 Å². The van der Waals surface area contributed by atoms with E-state index in [-0.39, 0.29) is 17.6 Å². The Morgan fingerprint density at radius 1 is 1.58 bits per heavy atom. The highest BCUT2D eigenvalue weighted by Crippen LogP contribution is 2.36. The average Bonchev–Trinajstić information content (AvgIpc) is 3.08. The lowest BCUT2D eigenvalue weighted by Gasteiger charge is -2.39. The molecule has 1 aromatic rings. The minimum Gasteiger partial charge on any atom is -0.472 e. The third-order valence-corrected chi connectivity index (χ3v) is 4.10. The molecular formula is C14H19NO4. The summed E-state index contributed by atoms with van der Waals surface area (Å²) in [4.78, 5) is 14.2. The van der Waals surface area contributed by atoms with Crippen molar-refractivity contribution in [3.8, 4) is 0 Å². The van der Waals surface area contributed by atoms with Crippen LogP contribution in [0.2, 0.25) is 0 Å². The summed E-state index contributed by atoms with van der Waals surface area (Å²) in [6.07, 6.45) is 6.03. The van der Waals surface area contributed by atoms with Crippen molar-refractivity contribution in [1.29, 1.82) is 0 Å². The predicted molar refractivity (Wildman–Crippen MR) is 67.9 cm³/mol. The van der Waals surface area contributed by atoms with E-state index in [1.54, 1.807) is 13.2 Å². The molecule has 0 N–H and O–H groups in total. The number of amides is 1. The number of likely N-dealkylation sites (tertiary alicyclic amines) is 1. The van der Waals surface area contributed by atoms with Gasteiger partial charge >= 0.3 is 0 Å². The fourth-order valence-corrected chi connectivity index (χ4v) is 3.08. The molecule has 1 aromatic heterocycles. The van der Waals surface area contributed by atoms with Crippen LogP contribution in [0.15, 0.2) is 23.0 Å². The van der Waals surface area contributed by atoms with Gasteiger partial charge < -0.3 is 18.8 Å². The first-order valence-electron chi connectivity index (χ1n) is 6.71. The molecule has 104 valence electrons. The van der Waals surface area contributed by atoms with Crippen LogP contribution in [0.5, 0.6) is 0 Å². The molecule has 1 amide bonds. The van der Waals surface area contributed by atoms with Crippen molar-refractivity contribution < 1.29 is 18.7 Å². The summed E-state index contributed by atoms with van der Waals surface area (Å²) in [7, 11) is 1.71. The van der Waals surface area contributed by atoms with Crippen molar-refractivity contribution in [1.82, 2.24) is 4.90 Å². The van der Waals surface area contributed by atoms with Crippen LogP contribution in [-0.2, 0) is 9.47 Å². The Bertz CT molecular complexity index is 444. The van der Waals surface area contributed by atoms with Gasteiger partial charge in [0.1, 0.15) is 6.26 Å². The van der Waals surface area contributed by atoms with Gasteiger partial charge in [-0.1, -0.05) is 0 Å². The molecule has 2 unspecified atom stereocenters. The van der Waals surface area contributed by atoms with Gasteiger partial charge in [0.25, 0.3) is 5.91 Å². The Labute approximate surface area is 112 Å². The summed E-state index contributed by atoms with van der Waals surface area (Å²) in [5, 5.41) is 0. The van der Waals surface area contributed by atoms with Crippen LogP contribution in [-0.4, -0.2) is 49.3 Å². The van der Waals surface area contributed by atoms with Gasteiger partial charge in [-0.15, -0.1) is 0 Å². The highest BCUT2D eigenvalue weighted by molar-refractivity contribution is 5.93. The largest absolute Gasteiger partial charge is 0.472 e. The summed E-state index contributed by atoms with van der Waals surface area (Å²) in [6, 6.07) is 1.71. The van der Waals surface area contributed by atoms with Crippen LogP contribution in [0.4, 0.5) is 0 Å². The monoisotopic (exact) mass is 265 g/mol. The van der Waals surface area contributed by atoms with Gasteiger partial charge in [-0.05, 0) is 18.9 Å². The Kier molecular flexibility index (Phi) is 3.33. The fourth-order valence-electron chi connectivity index (χ4n) is 3.08. The minimum absolute atomic E-state index is 0.0253. The molecule has 1 spiro atoms. The summed E-state index contributed by atoms with van der Waals surface area (Å²) < 4.78 is 16.3. The predicted octanol–water partition coefficient (Wildman–Crippen LogP) is 1.69. The molecule has 0 saturated carbocycles. The van der Waals surface area contributed by atoms with Crippen LogP contribution in [0.1, 0.15) is 29.6 Å². The topological polar surface area (TPSA) is 51.9 Å². The highest BCUT2D eigenvalue weighted by atomic mass is 16.6. The lowest BCUT2D eigenvalue weighted by molar-refractivity contribution is -0.0458. The number of hydrogen-bond acceptors (Lipinski definition) is 4. The SMILES string of the molecule is COC1COC2(CCCN(C(=O)c3ccoc3)C2)C1. The Hall–Kier alpha value is -1.33. The van der Waals surface area contributed by atoms with Crippen LogP contribution in [0.25, 0.3) is 0 Å². The molecule has 2 fully saturated rings. The number of methoxy groups -OCH3 is 1. The number of carbonyl (C=O) groups excluding carboxylic acids is 1. The Balaban J connectivity index is 1.70. The van der Waals surface area contributed by atoms with Crippen molar-refractivity contribution in [2.45, 2.75) is 31.0 Å². The van der Waals surface area contributed by atoms with E-state index in [1.807, 2.05) is 4.90 Å². The molecule has 2 atom stereocenters. The van der Waals surface area contributed by atoms with E-state index in [0.29, 0.717) is 18.7 Å². The quantitative estimate of drug-likeness (QED) is 0.816. The standard InChI is InChI=1S/C14H19NO4/c1-17-12-7-14(19-9-12)4-2-5-15(10-14)13(16)11-3-6-18-8-11/h3,6,8,12H,2,4-5,7,9-10H2,1H3. The highest BCUT2D eigenvalue weighted by Gasteiger charge is 2.44. The normalized spacial score (nSPS) is 31.0. The molecule has 0 bridgehead atoms. The third-order valence-electron chi connectivity index (χ3n) is 4.10. The maximum absolute atomic E-state index is 12.3. The maximum atomic E-state index is 12.3. The zero-order chi connectivity index (χ0) is 13.3. The van der Waals surface area contributed by atoms with Gasteiger partial charge in [0.2, 0.25) is 0 Å². The summed E-state index contributed by atoms with van der Waals surface area (Å²) in [6.45, 7) is 2.06. The second-order valence-corrected chi connectivity index (χ2v) is 5.40. The van der Waals surface area contributed by atoms with Crippen LogP contribution < -0.4 is 0 Å². The second kappa shape index (κ2) is 4.98. The summed E-state index contributed by atoms with van der Waals surface area (Å²) in [5.41, 5.74) is 0.400. The first-order valence-corrected chi connectivity index (χ1v) is 6.71. The van der Waals surface area contributed by atoms with Crippen molar-refractivity contribution in [3.05, 3.63) is 24.2 Å². The lowest BCUT2D eigenvalue weighted by atomic mass is 9.89. The van der Waals surface area contributed by atoms with Crippen molar-refractivity contribution in [2.24, 2.45) is 0 Å². The zero-order valence-electron chi connectivity index (χ0n) is 11.1. The molecule has 0 aromatic carbocycles. The minimum atomic E-state index is -0.210. The van der Waals surface area contributed by atoms with Gasteiger partial charge in [0.05, 0.1) is 36.7 Å². The summed E-state index contributed by atoms with van der Waals surface area (Å²) >= 11 is 0. The molecular weight excluding hydrogens is 246 g/mol. The lowest BCUT2D eigenvalue weighted by Crippen LogP contribution is -2.50. The van der Waals surface area contributed by atoms with E-state index >= 15 is 0 Å². The van der Waals surface area contributed by atoms with Gasteiger partial charge in [-0.2, -0.15) is 0 Å². The maximum Gasteiger partial charge on any atom is 0.257 e. The first kappa shape index (κ1) is 12.7. The smallest absolute Gasteiger partial charge is 0.257 e. The number of piperidine rings is 1. The summed E-state index contributed by atoms with van der Waals surface area (Å²) in [5.74, 6) is 0.0253. The molecule has 3 rings (SSSR count).